The summed E-state index contributed by atoms with van der Waals surface area (Å²) in [6, 6.07) is 6.37. The van der Waals surface area contributed by atoms with Crippen molar-refractivity contribution in [2.24, 2.45) is 0 Å². The number of ether oxygens (including phenoxy) is 1. The van der Waals surface area contributed by atoms with Crippen LogP contribution in [0.5, 0.6) is 5.75 Å². The van der Waals surface area contributed by atoms with Crippen LogP contribution in [0.3, 0.4) is 0 Å². The Balaban J connectivity index is 1.91. The second-order valence-electron chi connectivity index (χ2n) is 5.20. The van der Waals surface area contributed by atoms with Gasteiger partial charge in [-0.15, -0.1) is 0 Å². The summed E-state index contributed by atoms with van der Waals surface area (Å²) in [5.41, 5.74) is 2.01. The Morgan fingerprint density at radius 2 is 2.24 bits per heavy atom. The molecule has 2 heterocycles. The number of hydrogen-bond donors (Lipinski definition) is 1. The van der Waals surface area contributed by atoms with E-state index in [2.05, 4.69) is 15.5 Å². The Hall–Kier alpha value is -1.53. The van der Waals surface area contributed by atoms with Gasteiger partial charge in [-0.25, -0.2) is 0 Å². The highest BCUT2D eigenvalue weighted by Crippen LogP contribution is 2.34. The third-order valence-corrected chi connectivity index (χ3v) is 5.00. The quantitative estimate of drug-likeness (QED) is 0.936. The van der Waals surface area contributed by atoms with Crippen molar-refractivity contribution in [3.05, 3.63) is 29.7 Å². The maximum Gasteiger partial charge on any atom is 0.232 e. The molecule has 0 aliphatic carbocycles. The van der Waals surface area contributed by atoms with E-state index in [9.17, 15) is 0 Å². The van der Waals surface area contributed by atoms with Crippen LogP contribution in [0.4, 0.5) is 0 Å². The number of benzene rings is 1. The summed E-state index contributed by atoms with van der Waals surface area (Å²) in [4.78, 5) is 4.59. The van der Waals surface area contributed by atoms with Gasteiger partial charge in [-0.3, -0.25) is 0 Å². The fourth-order valence-corrected chi connectivity index (χ4v) is 3.98. The minimum Gasteiger partial charge on any atom is -0.496 e. The molecule has 21 heavy (non-hydrogen) atoms. The lowest BCUT2D eigenvalue weighted by Crippen LogP contribution is -2.31. The molecule has 1 aliphatic heterocycles. The number of aryl methyl sites for hydroxylation is 1. The zero-order valence-corrected chi connectivity index (χ0v) is 13.2. The van der Waals surface area contributed by atoms with Crippen LogP contribution in [-0.2, 0) is 0 Å². The molecule has 1 saturated heterocycles. The summed E-state index contributed by atoms with van der Waals surface area (Å²) in [7, 11) is 3.63. The molecule has 0 bridgehead atoms. The van der Waals surface area contributed by atoms with Gasteiger partial charge < -0.3 is 14.6 Å². The molecule has 1 fully saturated rings. The van der Waals surface area contributed by atoms with E-state index in [0.717, 1.165) is 28.4 Å². The molecule has 0 spiro atoms. The third kappa shape index (κ3) is 2.78. The lowest BCUT2D eigenvalue weighted by Gasteiger charge is -2.13. The van der Waals surface area contributed by atoms with Gasteiger partial charge in [-0.1, -0.05) is 11.2 Å². The van der Waals surface area contributed by atoms with E-state index >= 15 is 0 Å². The summed E-state index contributed by atoms with van der Waals surface area (Å²) in [5, 5.41) is 7.45. The van der Waals surface area contributed by atoms with E-state index in [0.29, 0.717) is 17.8 Å². The van der Waals surface area contributed by atoms with E-state index in [1.807, 2.05) is 43.9 Å². The first-order valence-electron chi connectivity index (χ1n) is 6.96. The van der Waals surface area contributed by atoms with Crippen LogP contribution in [0.15, 0.2) is 22.7 Å². The van der Waals surface area contributed by atoms with Crippen LogP contribution >= 0.6 is 11.8 Å². The van der Waals surface area contributed by atoms with Gasteiger partial charge in [0.15, 0.2) is 0 Å². The van der Waals surface area contributed by atoms with E-state index in [1.54, 1.807) is 7.11 Å². The van der Waals surface area contributed by atoms with Gasteiger partial charge in [0.25, 0.3) is 0 Å². The van der Waals surface area contributed by atoms with Gasteiger partial charge >= 0.3 is 0 Å². The lowest BCUT2D eigenvalue weighted by atomic mass is 10.0. The monoisotopic (exact) mass is 305 g/mol. The van der Waals surface area contributed by atoms with Crippen molar-refractivity contribution >= 4 is 11.8 Å². The Kier molecular flexibility index (Phi) is 4.17. The van der Waals surface area contributed by atoms with Gasteiger partial charge in [-0.05, 0) is 31.7 Å². The van der Waals surface area contributed by atoms with Crippen LogP contribution in [0.1, 0.15) is 17.4 Å². The molecule has 3 rings (SSSR count). The summed E-state index contributed by atoms with van der Waals surface area (Å²) in [6.45, 7) is 2.03. The Labute approximate surface area is 128 Å². The number of thioether (sulfide) groups is 1. The van der Waals surface area contributed by atoms with Gasteiger partial charge in [-0.2, -0.15) is 16.7 Å². The van der Waals surface area contributed by atoms with E-state index in [4.69, 9.17) is 9.26 Å². The van der Waals surface area contributed by atoms with Crippen molar-refractivity contribution in [1.82, 2.24) is 15.5 Å². The first-order valence-corrected chi connectivity index (χ1v) is 8.12. The summed E-state index contributed by atoms with van der Waals surface area (Å²) in [6.07, 6.45) is 0. The van der Waals surface area contributed by atoms with Crippen LogP contribution in [0, 0.1) is 6.92 Å². The normalized spacial score (nSPS) is 21.7. The molecule has 1 N–H and O–H groups in total. The number of likely N-dealkylation sites (N-methyl/N-ethyl adjacent to an activating group) is 1. The van der Waals surface area contributed by atoms with Crippen LogP contribution < -0.4 is 10.1 Å². The highest BCUT2D eigenvalue weighted by molar-refractivity contribution is 7.99. The Bertz CT molecular complexity index is 629. The van der Waals surface area contributed by atoms with Crippen molar-refractivity contribution in [3.63, 3.8) is 0 Å². The minimum atomic E-state index is 0.276. The number of nitrogens with zero attached hydrogens (tertiary/aromatic N) is 2. The van der Waals surface area contributed by atoms with Gasteiger partial charge in [0.2, 0.25) is 11.7 Å². The average molecular weight is 305 g/mol. The van der Waals surface area contributed by atoms with Crippen molar-refractivity contribution in [2.45, 2.75) is 18.9 Å². The smallest absolute Gasteiger partial charge is 0.232 e. The highest BCUT2D eigenvalue weighted by atomic mass is 32.2. The van der Waals surface area contributed by atoms with Crippen molar-refractivity contribution in [1.29, 1.82) is 0 Å². The average Bonchev–Trinajstić information content (AvgIpc) is 3.15. The predicted octanol–water partition coefficient (Wildman–Crippen LogP) is 2.47. The molecule has 1 aromatic carbocycles. The minimum absolute atomic E-state index is 0.276. The Morgan fingerprint density at radius 3 is 3.00 bits per heavy atom. The first kappa shape index (κ1) is 14.4. The number of aromatic nitrogens is 2. The molecule has 2 unspecified atom stereocenters. The molecule has 1 aliphatic rings. The van der Waals surface area contributed by atoms with Gasteiger partial charge in [0.1, 0.15) is 5.75 Å². The van der Waals surface area contributed by atoms with Crippen LogP contribution in [0.2, 0.25) is 0 Å². The molecule has 112 valence electrons. The molecule has 1 aromatic heterocycles. The van der Waals surface area contributed by atoms with Crippen molar-refractivity contribution in [2.75, 3.05) is 25.7 Å². The largest absolute Gasteiger partial charge is 0.496 e. The number of nitrogens with one attached hydrogen (secondary N) is 1. The molecule has 2 atom stereocenters. The first-order chi connectivity index (χ1) is 10.2. The number of hydrogen-bond acceptors (Lipinski definition) is 6. The SMILES string of the molecule is CNC1CSCC1c1nc(-c2ccc(C)cc2OC)no1. The maximum atomic E-state index is 5.49. The summed E-state index contributed by atoms with van der Waals surface area (Å²) in [5.74, 6) is 4.43. The topological polar surface area (TPSA) is 60.2 Å². The molecule has 5 nitrogen and oxygen atoms in total. The van der Waals surface area contributed by atoms with Gasteiger partial charge in [0.05, 0.1) is 18.6 Å². The lowest BCUT2D eigenvalue weighted by molar-refractivity contribution is 0.343. The van der Waals surface area contributed by atoms with E-state index in [1.165, 1.54) is 0 Å². The van der Waals surface area contributed by atoms with E-state index in [-0.39, 0.29) is 5.92 Å². The van der Waals surface area contributed by atoms with Crippen LogP contribution in [0.25, 0.3) is 11.4 Å². The van der Waals surface area contributed by atoms with Crippen molar-refractivity contribution in [3.8, 4) is 17.1 Å². The predicted molar refractivity (Wildman–Crippen MR) is 83.9 cm³/mol. The standard InChI is InChI=1S/C15H19N3O2S/c1-9-4-5-10(13(6-9)19-3)14-17-15(20-18-14)11-7-21-8-12(11)16-2/h4-6,11-12,16H,7-8H2,1-3H3. The third-order valence-electron chi connectivity index (χ3n) is 3.81. The molecule has 2 aromatic rings. The maximum absolute atomic E-state index is 5.49. The molecule has 0 saturated carbocycles. The van der Waals surface area contributed by atoms with E-state index < -0.39 is 0 Å². The fraction of sp³-hybridized carbons (Fsp3) is 0.467. The molecule has 6 heteroatoms. The Morgan fingerprint density at radius 1 is 1.38 bits per heavy atom. The summed E-state index contributed by atoms with van der Waals surface area (Å²) >= 11 is 1.91. The molecule has 0 amide bonds. The zero-order chi connectivity index (χ0) is 14.8. The zero-order valence-electron chi connectivity index (χ0n) is 12.4. The molecular formula is C15H19N3O2S. The highest BCUT2D eigenvalue weighted by Gasteiger charge is 2.32. The fourth-order valence-electron chi connectivity index (χ4n) is 2.56. The molecular weight excluding hydrogens is 286 g/mol. The summed E-state index contributed by atoms with van der Waals surface area (Å²) < 4.78 is 10.9. The molecule has 0 radical (unpaired) electrons. The van der Waals surface area contributed by atoms with Crippen LogP contribution in [-0.4, -0.2) is 41.8 Å². The second kappa shape index (κ2) is 6.07. The second-order valence-corrected chi connectivity index (χ2v) is 6.27. The number of rotatable bonds is 4. The van der Waals surface area contributed by atoms with Crippen molar-refractivity contribution < 1.29 is 9.26 Å². The number of methoxy groups -OCH3 is 1. The van der Waals surface area contributed by atoms with Gasteiger partial charge in [0, 0.05) is 17.5 Å².